The lowest BCUT2D eigenvalue weighted by molar-refractivity contribution is 0.0949. The van der Waals surface area contributed by atoms with Gasteiger partial charge in [0.1, 0.15) is 5.69 Å². The molecule has 2 rings (SSSR count). The van der Waals surface area contributed by atoms with E-state index in [9.17, 15) is 9.59 Å². The number of nitrogens with zero attached hydrogens (tertiary/aromatic N) is 1. The summed E-state index contributed by atoms with van der Waals surface area (Å²) in [5.74, 6) is -0.308. The summed E-state index contributed by atoms with van der Waals surface area (Å²) < 4.78 is 0. The highest BCUT2D eigenvalue weighted by molar-refractivity contribution is 7.13. The third kappa shape index (κ3) is 3.55. The smallest absolute Gasteiger partial charge is 0.404 e. The van der Waals surface area contributed by atoms with Crippen molar-refractivity contribution in [3.63, 3.8) is 0 Å². The van der Waals surface area contributed by atoms with Gasteiger partial charge in [-0.25, -0.2) is 9.78 Å². The van der Waals surface area contributed by atoms with Gasteiger partial charge in [0.05, 0.1) is 10.4 Å². The van der Waals surface area contributed by atoms with Crippen LogP contribution < -0.4 is 10.6 Å². The molecule has 1 aromatic carbocycles. The molecule has 7 heteroatoms. The number of hydrogen-bond donors (Lipinski definition) is 3. The molecular formula is C13H13N3O3S. The Kier molecular flexibility index (Phi) is 4.67. The molecule has 0 atom stereocenters. The zero-order valence-electron chi connectivity index (χ0n) is 10.5. The predicted octanol–water partition coefficient (Wildman–Crippen LogP) is 1.81. The van der Waals surface area contributed by atoms with Crippen LogP contribution >= 0.6 is 11.3 Å². The molecule has 3 N–H and O–H groups in total. The van der Waals surface area contributed by atoms with Crippen LogP contribution in [0.3, 0.4) is 0 Å². The van der Waals surface area contributed by atoms with E-state index >= 15 is 0 Å². The molecule has 1 aromatic heterocycles. The van der Waals surface area contributed by atoms with E-state index in [2.05, 4.69) is 15.6 Å². The van der Waals surface area contributed by atoms with Crippen LogP contribution in [0, 0.1) is 0 Å². The van der Waals surface area contributed by atoms with Gasteiger partial charge in [0, 0.05) is 13.1 Å². The number of carbonyl (C=O) groups excluding carboxylic acids is 1. The number of benzene rings is 1. The maximum atomic E-state index is 12.0. The third-order valence-electron chi connectivity index (χ3n) is 2.51. The molecule has 0 unspecified atom stereocenters. The first-order valence-electron chi connectivity index (χ1n) is 5.92. The molecule has 0 saturated heterocycles. The molecule has 2 amide bonds. The maximum absolute atomic E-state index is 12.0. The highest BCUT2D eigenvalue weighted by atomic mass is 32.1. The van der Waals surface area contributed by atoms with E-state index < -0.39 is 6.09 Å². The molecule has 20 heavy (non-hydrogen) atoms. The fourth-order valence-corrected chi connectivity index (χ4v) is 2.42. The number of carbonyl (C=O) groups is 2. The van der Waals surface area contributed by atoms with E-state index in [0.29, 0.717) is 5.69 Å². The molecule has 0 aliphatic carbocycles. The summed E-state index contributed by atoms with van der Waals surface area (Å²) >= 11 is 1.39. The van der Waals surface area contributed by atoms with Gasteiger partial charge in [0.25, 0.3) is 5.91 Å². The van der Waals surface area contributed by atoms with Gasteiger partial charge in [-0.05, 0) is 5.56 Å². The first-order chi connectivity index (χ1) is 9.68. The standard InChI is InChI=1S/C13H13N3O3S/c17-12(14-6-7-15-13(18)19)10-11(20-8-16-10)9-4-2-1-3-5-9/h1-5,8,15H,6-7H2,(H,14,17)(H,18,19). The monoisotopic (exact) mass is 291 g/mol. The van der Waals surface area contributed by atoms with Gasteiger partial charge in [-0.2, -0.15) is 0 Å². The molecule has 1 heterocycles. The van der Waals surface area contributed by atoms with E-state index in [0.717, 1.165) is 10.4 Å². The topological polar surface area (TPSA) is 91.3 Å². The van der Waals surface area contributed by atoms with E-state index in [4.69, 9.17) is 5.11 Å². The number of rotatable bonds is 5. The van der Waals surface area contributed by atoms with Crippen LogP contribution in [0.5, 0.6) is 0 Å². The average molecular weight is 291 g/mol. The largest absolute Gasteiger partial charge is 0.465 e. The zero-order valence-corrected chi connectivity index (χ0v) is 11.3. The number of carboxylic acid groups (broad SMARTS) is 1. The molecule has 104 valence electrons. The lowest BCUT2D eigenvalue weighted by Crippen LogP contribution is -2.34. The molecule has 0 aliphatic heterocycles. The van der Waals surface area contributed by atoms with Crippen molar-refractivity contribution in [3.05, 3.63) is 41.5 Å². The van der Waals surface area contributed by atoms with E-state index in [-0.39, 0.29) is 19.0 Å². The minimum Gasteiger partial charge on any atom is -0.465 e. The number of nitrogens with one attached hydrogen (secondary N) is 2. The first-order valence-corrected chi connectivity index (χ1v) is 6.80. The summed E-state index contributed by atoms with van der Waals surface area (Å²) in [5.41, 5.74) is 2.91. The zero-order chi connectivity index (χ0) is 14.4. The van der Waals surface area contributed by atoms with Gasteiger partial charge < -0.3 is 15.7 Å². The Hall–Kier alpha value is -2.41. The Bertz CT molecular complexity index is 598. The first kappa shape index (κ1) is 14.0. The minimum atomic E-state index is -1.11. The predicted molar refractivity (Wildman–Crippen MR) is 75.9 cm³/mol. The second-order valence-corrected chi connectivity index (χ2v) is 4.74. The lowest BCUT2D eigenvalue weighted by Gasteiger charge is -2.05. The molecule has 0 spiro atoms. The van der Waals surface area contributed by atoms with Gasteiger partial charge in [0.15, 0.2) is 0 Å². The molecule has 0 aliphatic rings. The number of thiazole rings is 1. The van der Waals surface area contributed by atoms with E-state index in [1.807, 2.05) is 30.3 Å². The normalized spacial score (nSPS) is 10.0. The van der Waals surface area contributed by atoms with Crippen molar-refractivity contribution in [1.29, 1.82) is 0 Å². The van der Waals surface area contributed by atoms with Crippen LogP contribution in [0.2, 0.25) is 0 Å². The van der Waals surface area contributed by atoms with Crippen LogP contribution in [-0.2, 0) is 0 Å². The SMILES string of the molecule is O=C(O)NCCNC(=O)c1ncsc1-c1ccccc1. The van der Waals surface area contributed by atoms with Gasteiger partial charge in [-0.1, -0.05) is 30.3 Å². The maximum Gasteiger partial charge on any atom is 0.404 e. The molecule has 0 bridgehead atoms. The fourth-order valence-electron chi connectivity index (χ4n) is 1.63. The molecule has 2 aromatic rings. The molecule has 0 radical (unpaired) electrons. The van der Waals surface area contributed by atoms with Crippen molar-refractivity contribution in [2.45, 2.75) is 0 Å². The van der Waals surface area contributed by atoms with Crippen LogP contribution in [0.1, 0.15) is 10.5 Å². The minimum absolute atomic E-state index is 0.159. The summed E-state index contributed by atoms with van der Waals surface area (Å²) in [7, 11) is 0. The molecule has 0 saturated carbocycles. The van der Waals surface area contributed by atoms with Crippen LogP contribution in [0.15, 0.2) is 35.8 Å². The molecular weight excluding hydrogens is 278 g/mol. The highest BCUT2D eigenvalue weighted by Crippen LogP contribution is 2.27. The van der Waals surface area contributed by atoms with Gasteiger partial charge in [-0.3, -0.25) is 4.79 Å². The van der Waals surface area contributed by atoms with Crippen molar-refractivity contribution >= 4 is 23.3 Å². The Morgan fingerprint density at radius 2 is 1.85 bits per heavy atom. The van der Waals surface area contributed by atoms with E-state index in [1.165, 1.54) is 11.3 Å². The third-order valence-corrected chi connectivity index (χ3v) is 3.38. The number of aromatic nitrogens is 1. The summed E-state index contributed by atoms with van der Waals surface area (Å²) in [4.78, 5) is 27.2. The Morgan fingerprint density at radius 3 is 2.55 bits per heavy atom. The van der Waals surface area contributed by atoms with E-state index in [1.54, 1.807) is 5.51 Å². The van der Waals surface area contributed by atoms with Crippen molar-refractivity contribution in [2.75, 3.05) is 13.1 Å². The van der Waals surface area contributed by atoms with Crippen molar-refractivity contribution in [3.8, 4) is 10.4 Å². The van der Waals surface area contributed by atoms with Crippen LogP contribution in [0.4, 0.5) is 4.79 Å². The van der Waals surface area contributed by atoms with Crippen LogP contribution in [0.25, 0.3) is 10.4 Å². The second kappa shape index (κ2) is 6.67. The van der Waals surface area contributed by atoms with Gasteiger partial charge >= 0.3 is 6.09 Å². The van der Waals surface area contributed by atoms with Gasteiger partial charge in [0.2, 0.25) is 0 Å². The molecule has 0 fully saturated rings. The Labute approximate surface area is 119 Å². The lowest BCUT2D eigenvalue weighted by atomic mass is 10.1. The average Bonchev–Trinajstić information content (AvgIpc) is 2.93. The van der Waals surface area contributed by atoms with Crippen molar-refractivity contribution in [2.24, 2.45) is 0 Å². The number of amides is 2. The summed E-state index contributed by atoms with van der Waals surface area (Å²) in [6, 6.07) is 9.52. The van der Waals surface area contributed by atoms with Crippen molar-refractivity contribution in [1.82, 2.24) is 15.6 Å². The Balaban J connectivity index is 2.01. The van der Waals surface area contributed by atoms with Crippen molar-refractivity contribution < 1.29 is 14.7 Å². The number of hydrogen-bond acceptors (Lipinski definition) is 4. The summed E-state index contributed by atoms with van der Waals surface area (Å²) in [6.07, 6.45) is -1.11. The van der Waals surface area contributed by atoms with Crippen LogP contribution in [-0.4, -0.2) is 35.2 Å². The molecule has 6 nitrogen and oxygen atoms in total. The Morgan fingerprint density at radius 1 is 1.15 bits per heavy atom. The summed E-state index contributed by atoms with van der Waals surface area (Å²) in [6.45, 7) is 0.378. The second-order valence-electron chi connectivity index (χ2n) is 3.88. The fraction of sp³-hybridized carbons (Fsp3) is 0.154. The quantitative estimate of drug-likeness (QED) is 0.733. The van der Waals surface area contributed by atoms with Gasteiger partial charge in [-0.15, -0.1) is 11.3 Å². The highest BCUT2D eigenvalue weighted by Gasteiger charge is 2.15. The summed E-state index contributed by atoms with van der Waals surface area (Å²) in [5, 5.41) is 13.2.